The Hall–Kier alpha value is -2.92. The van der Waals surface area contributed by atoms with Gasteiger partial charge >= 0.3 is 6.03 Å². The molecule has 2 N–H and O–H groups in total. The molecule has 0 bridgehead atoms. The molecule has 11 nitrogen and oxygen atoms in total. The number of hydrogen-bond acceptors (Lipinski definition) is 7. The van der Waals surface area contributed by atoms with Crippen LogP contribution in [0.15, 0.2) is 4.42 Å². The van der Waals surface area contributed by atoms with Crippen molar-refractivity contribution >= 4 is 17.8 Å². The Morgan fingerprint density at radius 2 is 2.00 bits per heavy atom. The van der Waals surface area contributed by atoms with Crippen LogP contribution >= 0.6 is 0 Å². The summed E-state index contributed by atoms with van der Waals surface area (Å²) in [4.78, 5) is 36.5. The van der Waals surface area contributed by atoms with Crippen LogP contribution in [0.5, 0.6) is 0 Å². The van der Waals surface area contributed by atoms with Crippen LogP contribution in [0.4, 0.5) is 10.6 Å². The minimum absolute atomic E-state index is 0.0366. The molecular weight excluding hydrogens is 474 g/mol. The lowest BCUT2D eigenvalue weighted by Gasteiger charge is -2.36. The monoisotopic (exact) mass is 515 g/mol. The number of rotatable bonds is 9. The van der Waals surface area contributed by atoms with Crippen LogP contribution in [0, 0.1) is 19.8 Å². The van der Waals surface area contributed by atoms with Crippen LogP contribution in [0.25, 0.3) is 0 Å². The van der Waals surface area contributed by atoms with E-state index in [1.54, 1.807) is 13.8 Å². The van der Waals surface area contributed by atoms with Gasteiger partial charge in [-0.3, -0.25) is 14.8 Å². The number of aromatic nitrogens is 3. The molecule has 0 spiro atoms. The third-order valence-corrected chi connectivity index (χ3v) is 7.53. The number of amides is 3. The number of hydrogen-bond donors (Lipinski definition) is 2. The maximum absolute atomic E-state index is 13.5. The van der Waals surface area contributed by atoms with Crippen molar-refractivity contribution in [2.24, 2.45) is 5.92 Å². The van der Waals surface area contributed by atoms with Crippen molar-refractivity contribution in [3.8, 4) is 0 Å². The Morgan fingerprint density at radius 1 is 1.27 bits per heavy atom. The van der Waals surface area contributed by atoms with E-state index >= 15 is 0 Å². The highest BCUT2D eigenvalue weighted by atomic mass is 16.5. The van der Waals surface area contributed by atoms with Crippen molar-refractivity contribution in [3.63, 3.8) is 0 Å². The number of nitrogens with zero attached hydrogens (tertiary/aromatic N) is 5. The minimum Gasteiger partial charge on any atom is -0.436 e. The zero-order valence-corrected chi connectivity index (χ0v) is 23.0. The summed E-state index contributed by atoms with van der Waals surface area (Å²) in [6, 6.07) is 0.0321. The topological polar surface area (TPSA) is 120 Å². The van der Waals surface area contributed by atoms with E-state index in [4.69, 9.17) is 9.15 Å². The Kier molecular flexibility index (Phi) is 8.53. The lowest BCUT2D eigenvalue weighted by molar-refractivity contribution is 0.0436. The molecule has 0 radical (unpaired) electrons. The summed E-state index contributed by atoms with van der Waals surface area (Å²) in [7, 11) is 1.87. The second kappa shape index (κ2) is 11.6. The van der Waals surface area contributed by atoms with Crippen LogP contribution in [-0.2, 0) is 11.3 Å². The van der Waals surface area contributed by atoms with E-state index in [2.05, 4.69) is 39.2 Å². The lowest BCUT2D eigenvalue weighted by Crippen LogP contribution is -2.48. The van der Waals surface area contributed by atoms with Gasteiger partial charge in [-0.1, -0.05) is 6.92 Å². The Labute approximate surface area is 218 Å². The second-order valence-corrected chi connectivity index (χ2v) is 10.4. The number of fused-ring (bicyclic) bond motifs is 1. The zero-order chi connectivity index (χ0) is 26.7. The van der Waals surface area contributed by atoms with Crippen LogP contribution in [0.3, 0.4) is 0 Å². The molecular formula is C26H41N7O4. The van der Waals surface area contributed by atoms with Crippen molar-refractivity contribution in [2.45, 2.75) is 72.5 Å². The summed E-state index contributed by atoms with van der Waals surface area (Å²) in [5, 5.41) is 10.1. The highest BCUT2D eigenvalue weighted by molar-refractivity contribution is 6.02. The molecule has 2 aliphatic heterocycles. The molecule has 2 aromatic rings. The van der Waals surface area contributed by atoms with Gasteiger partial charge in [-0.05, 0) is 52.5 Å². The number of anilines is 1. The van der Waals surface area contributed by atoms with Gasteiger partial charge in [0.15, 0.2) is 11.7 Å². The minimum atomic E-state index is -0.406. The fraction of sp³-hybridized carbons (Fsp3) is 0.692. The number of aromatic amines is 1. The first kappa shape index (κ1) is 27.1. The van der Waals surface area contributed by atoms with E-state index in [0.29, 0.717) is 36.4 Å². The average molecular weight is 516 g/mol. The van der Waals surface area contributed by atoms with Crippen molar-refractivity contribution in [2.75, 3.05) is 45.2 Å². The van der Waals surface area contributed by atoms with Crippen LogP contribution in [0.2, 0.25) is 0 Å². The SMILES string of the molecule is CCCN(CC1CCOCC1)C(C)CN(C)C(=O)N1Cc2c(NC(=O)c3oc(C)nc3C)n[nH]c2C1C. The Bertz CT molecular complexity index is 1090. The fourth-order valence-electron chi connectivity index (χ4n) is 5.44. The van der Waals surface area contributed by atoms with Crippen LogP contribution in [0.1, 0.15) is 79.5 Å². The van der Waals surface area contributed by atoms with E-state index < -0.39 is 5.91 Å². The first-order chi connectivity index (χ1) is 17.7. The molecule has 37 heavy (non-hydrogen) atoms. The molecule has 2 aromatic heterocycles. The third-order valence-electron chi connectivity index (χ3n) is 7.53. The van der Waals surface area contributed by atoms with Gasteiger partial charge < -0.3 is 24.3 Å². The standard InChI is InChI=1S/C26H41N7O4/c1-7-10-32(14-20-8-11-36-12-9-20)16(2)13-31(6)26(35)33-15-21-22(18(33)4)29-30-24(21)28-25(34)23-17(3)27-19(5)37-23/h16,18,20H,7-15H2,1-6H3,(H2,28,29,30,34). The van der Waals surface area contributed by atoms with E-state index in [0.717, 1.165) is 56.8 Å². The number of nitrogens with one attached hydrogen (secondary N) is 2. The first-order valence-corrected chi connectivity index (χ1v) is 13.4. The number of carbonyl (C=O) groups excluding carboxylic acids is 2. The van der Waals surface area contributed by atoms with Crippen molar-refractivity contribution in [3.05, 3.63) is 28.6 Å². The summed E-state index contributed by atoms with van der Waals surface area (Å²) in [6.45, 7) is 14.6. The van der Waals surface area contributed by atoms with Crippen LogP contribution < -0.4 is 5.32 Å². The molecule has 4 rings (SSSR count). The van der Waals surface area contributed by atoms with Gasteiger partial charge in [0.25, 0.3) is 5.91 Å². The summed E-state index contributed by atoms with van der Waals surface area (Å²) in [5.41, 5.74) is 2.18. The summed E-state index contributed by atoms with van der Waals surface area (Å²) in [6.07, 6.45) is 3.29. The smallest absolute Gasteiger partial charge is 0.320 e. The first-order valence-electron chi connectivity index (χ1n) is 13.4. The van der Waals surface area contributed by atoms with Gasteiger partial charge in [0.05, 0.1) is 24.0 Å². The van der Waals surface area contributed by atoms with E-state index in [9.17, 15) is 9.59 Å². The van der Waals surface area contributed by atoms with E-state index in [1.165, 1.54) is 0 Å². The Morgan fingerprint density at radius 3 is 2.65 bits per heavy atom. The highest BCUT2D eigenvalue weighted by Gasteiger charge is 2.37. The predicted octanol–water partition coefficient (Wildman–Crippen LogP) is 3.72. The van der Waals surface area contributed by atoms with E-state index in [-0.39, 0.29) is 23.9 Å². The maximum atomic E-state index is 13.5. The van der Waals surface area contributed by atoms with Gasteiger partial charge in [0.2, 0.25) is 5.76 Å². The van der Waals surface area contributed by atoms with E-state index in [1.807, 2.05) is 23.8 Å². The number of urea groups is 1. The van der Waals surface area contributed by atoms with Gasteiger partial charge in [-0.15, -0.1) is 0 Å². The molecule has 0 aromatic carbocycles. The molecule has 204 valence electrons. The molecule has 1 fully saturated rings. The number of oxazole rings is 1. The molecule has 2 atom stereocenters. The van der Waals surface area contributed by atoms with Crippen LogP contribution in [-0.4, -0.2) is 87.8 Å². The zero-order valence-electron chi connectivity index (χ0n) is 23.0. The normalized spacial score (nSPS) is 18.8. The van der Waals surface area contributed by atoms with Gasteiger partial charge in [-0.25, -0.2) is 9.78 Å². The molecule has 2 aliphatic rings. The highest BCUT2D eigenvalue weighted by Crippen LogP contribution is 2.36. The number of carbonyl (C=O) groups is 2. The van der Waals surface area contributed by atoms with Gasteiger partial charge in [0.1, 0.15) is 0 Å². The van der Waals surface area contributed by atoms with Crippen molar-refractivity contribution in [1.82, 2.24) is 29.9 Å². The quantitative estimate of drug-likeness (QED) is 0.522. The molecule has 3 amide bonds. The molecule has 11 heteroatoms. The predicted molar refractivity (Wildman–Crippen MR) is 139 cm³/mol. The summed E-state index contributed by atoms with van der Waals surface area (Å²) < 4.78 is 11.0. The molecule has 4 heterocycles. The maximum Gasteiger partial charge on any atom is 0.320 e. The lowest BCUT2D eigenvalue weighted by atomic mass is 9.99. The molecule has 2 unspecified atom stereocenters. The van der Waals surface area contributed by atoms with Gasteiger partial charge in [0, 0.05) is 51.9 Å². The largest absolute Gasteiger partial charge is 0.436 e. The fourth-order valence-corrected chi connectivity index (χ4v) is 5.44. The number of aryl methyl sites for hydroxylation is 2. The van der Waals surface area contributed by atoms with Crippen molar-refractivity contribution < 1.29 is 18.7 Å². The van der Waals surface area contributed by atoms with Crippen molar-refractivity contribution in [1.29, 1.82) is 0 Å². The average Bonchev–Trinajstić information content (AvgIpc) is 3.53. The second-order valence-electron chi connectivity index (χ2n) is 10.4. The molecule has 0 aliphatic carbocycles. The summed E-state index contributed by atoms with van der Waals surface area (Å²) >= 11 is 0. The summed E-state index contributed by atoms with van der Waals surface area (Å²) in [5.74, 6) is 1.26. The Balaban J connectivity index is 1.37. The number of likely N-dealkylation sites (N-methyl/N-ethyl adjacent to an activating group) is 1. The number of ether oxygens (including phenoxy) is 1. The third kappa shape index (κ3) is 5.98. The number of H-pyrrole nitrogens is 1. The molecule has 1 saturated heterocycles. The van der Waals surface area contributed by atoms with Gasteiger partial charge in [-0.2, -0.15) is 5.10 Å². The molecule has 0 saturated carbocycles.